The second-order valence-corrected chi connectivity index (χ2v) is 3.96. The molecule has 2 heteroatoms. The zero-order valence-electron chi connectivity index (χ0n) is 7.44. The van der Waals surface area contributed by atoms with E-state index < -0.39 is 0 Å². The van der Waals surface area contributed by atoms with Crippen LogP contribution in [0, 0.1) is 5.82 Å². The van der Waals surface area contributed by atoms with E-state index in [9.17, 15) is 4.39 Å². The molecule has 1 heterocycles. The summed E-state index contributed by atoms with van der Waals surface area (Å²) in [5, 5.41) is 3.34. The minimum atomic E-state index is -0.00727. The van der Waals surface area contributed by atoms with Gasteiger partial charge in [-0.05, 0) is 42.5 Å². The second-order valence-electron chi connectivity index (χ2n) is 3.96. The lowest BCUT2D eigenvalue weighted by molar-refractivity contribution is 0.547. The molecule has 1 unspecified atom stereocenters. The summed E-state index contributed by atoms with van der Waals surface area (Å²) in [6.45, 7) is 1.01. The van der Waals surface area contributed by atoms with E-state index >= 15 is 0 Å². The molecule has 0 fully saturated rings. The van der Waals surface area contributed by atoms with Crippen molar-refractivity contribution in [3.63, 3.8) is 0 Å². The standard InChI is InChI=1S/C11H12FN/c12-9-4-5-10-11-7(6-13-10)2-1-3-8(9)11/h4-5,7,13H,1-3,6H2. The summed E-state index contributed by atoms with van der Waals surface area (Å²) in [6, 6.07) is 3.47. The Morgan fingerprint density at radius 1 is 1.38 bits per heavy atom. The number of hydrogen-bond acceptors (Lipinski definition) is 1. The lowest BCUT2D eigenvalue weighted by Gasteiger charge is -2.20. The van der Waals surface area contributed by atoms with E-state index in [0.717, 1.165) is 24.9 Å². The highest BCUT2D eigenvalue weighted by Crippen LogP contribution is 2.41. The first kappa shape index (κ1) is 7.36. The van der Waals surface area contributed by atoms with Crippen molar-refractivity contribution in [3.8, 4) is 0 Å². The molecule has 1 aliphatic carbocycles. The van der Waals surface area contributed by atoms with Gasteiger partial charge in [0.1, 0.15) is 5.82 Å². The van der Waals surface area contributed by atoms with Crippen molar-refractivity contribution in [2.75, 3.05) is 11.9 Å². The number of rotatable bonds is 0. The van der Waals surface area contributed by atoms with Crippen LogP contribution in [-0.4, -0.2) is 6.54 Å². The molecule has 1 aromatic carbocycles. The predicted octanol–water partition coefficient (Wildman–Crippen LogP) is 2.67. The van der Waals surface area contributed by atoms with E-state index in [1.54, 1.807) is 6.07 Å². The number of anilines is 1. The van der Waals surface area contributed by atoms with Gasteiger partial charge in [-0.2, -0.15) is 0 Å². The minimum Gasteiger partial charge on any atom is -0.384 e. The Labute approximate surface area is 77.0 Å². The van der Waals surface area contributed by atoms with Crippen LogP contribution in [-0.2, 0) is 6.42 Å². The third-order valence-electron chi connectivity index (χ3n) is 3.23. The van der Waals surface area contributed by atoms with Crippen molar-refractivity contribution >= 4 is 5.69 Å². The zero-order valence-corrected chi connectivity index (χ0v) is 7.44. The molecule has 0 saturated carbocycles. The van der Waals surface area contributed by atoms with Gasteiger partial charge in [-0.15, -0.1) is 0 Å². The van der Waals surface area contributed by atoms with Crippen LogP contribution in [0.2, 0.25) is 0 Å². The lowest BCUT2D eigenvalue weighted by atomic mass is 9.84. The maximum absolute atomic E-state index is 13.4. The van der Waals surface area contributed by atoms with Gasteiger partial charge in [0.25, 0.3) is 0 Å². The van der Waals surface area contributed by atoms with Crippen LogP contribution in [0.3, 0.4) is 0 Å². The summed E-state index contributed by atoms with van der Waals surface area (Å²) in [7, 11) is 0. The van der Waals surface area contributed by atoms with E-state index in [-0.39, 0.29) is 5.82 Å². The molecule has 1 aromatic rings. The fourth-order valence-corrected chi connectivity index (χ4v) is 2.62. The van der Waals surface area contributed by atoms with Crippen molar-refractivity contribution in [2.45, 2.75) is 25.2 Å². The lowest BCUT2D eigenvalue weighted by Crippen LogP contribution is -2.10. The summed E-state index contributed by atoms with van der Waals surface area (Å²) in [5.74, 6) is 0.571. The Balaban J connectivity index is 2.26. The Kier molecular flexibility index (Phi) is 1.40. The van der Waals surface area contributed by atoms with Crippen molar-refractivity contribution in [2.24, 2.45) is 0 Å². The molecule has 13 heavy (non-hydrogen) atoms. The number of nitrogens with one attached hydrogen (secondary N) is 1. The van der Waals surface area contributed by atoms with E-state index in [4.69, 9.17) is 0 Å². The molecule has 1 N–H and O–H groups in total. The van der Waals surface area contributed by atoms with Crippen molar-refractivity contribution in [1.82, 2.24) is 0 Å². The molecule has 0 spiro atoms. The molecular formula is C11H12FN. The topological polar surface area (TPSA) is 12.0 Å². The highest BCUT2D eigenvalue weighted by molar-refractivity contribution is 5.62. The molecular weight excluding hydrogens is 165 g/mol. The predicted molar refractivity (Wildman–Crippen MR) is 50.6 cm³/mol. The van der Waals surface area contributed by atoms with Gasteiger partial charge < -0.3 is 5.32 Å². The molecule has 0 amide bonds. The first-order chi connectivity index (χ1) is 6.36. The zero-order chi connectivity index (χ0) is 8.84. The van der Waals surface area contributed by atoms with Crippen LogP contribution in [0.4, 0.5) is 10.1 Å². The average molecular weight is 177 g/mol. The molecule has 0 saturated heterocycles. The SMILES string of the molecule is Fc1ccc2c3c1CCCC3CN2. The number of benzene rings is 1. The first-order valence-corrected chi connectivity index (χ1v) is 4.91. The Hall–Kier alpha value is -1.05. The summed E-state index contributed by atoms with van der Waals surface area (Å²) < 4.78 is 13.4. The van der Waals surface area contributed by atoms with Crippen LogP contribution < -0.4 is 5.32 Å². The van der Waals surface area contributed by atoms with Gasteiger partial charge in [-0.3, -0.25) is 0 Å². The van der Waals surface area contributed by atoms with Gasteiger partial charge in [0.2, 0.25) is 0 Å². The summed E-state index contributed by atoms with van der Waals surface area (Å²) in [5.41, 5.74) is 3.41. The van der Waals surface area contributed by atoms with E-state index in [2.05, 4.69) is 5.32 Å². The second kappa shape index (κ2) is 2.47. The Morgan fingerprint density at radius 3 is 3.23 bits per heavy atom. The quantitative estimate of drug-likeness (QED) is 0.642. The van der Waals surface area contributed by atoms with Crippen molar-refractivity contribution < 1.29 is 4.39 Å². The molecule has 0 aromatic heterocycles. The minimum absolute atomic E-state index is 0.00727. The summed E-state index contributed by atoms with van der Waals surface area (Å²) in [4.78, 5) is 0. The molecule has 0 radical (unpaired) electrons. The van der Waals surface area contributed by atoms with Gasteiger partial charge in [0.15, 0.2) is 0 Å². The highest BCUT2D eigenvalue weighted by Gasteiger charge is 2.29. The Morgan fingerprint density at radius 2 is 2.31 bits per heavy atom. The fraction of sp³-hybridized carbons (Fsp3) is 0.455. The molecule has 1 atom stereocenters. The van der Waals surface area contributed by atoms with E-state index in [1.165, 1.54) is 17.7 Å². The highest BCUT2D eigenvalue weighted by atomic mass is 19.1. The number of hydrogen-bond donors (Lipinski definition) is 1. The summed E-state index contributed by atoms with van der Waals surface area (Å²) >= 11 is 0. The maximum atomic E-state index is 13.4. The smallest absolute Gasteiger partial charge is 0.126 e. The van der Waals surface area contributed by atoms with Gasteiger partial charge in [-0.1, -0.05) is 0 Å². The van der Waals surface area contributed by atoms with Crippen LogP contribution >= 0.6 is 0 Å². The van der Waals surface area contributed by atoms with Crippen LogP contribution in [0.5, 0.6) is 0 Å². The van der Waals surface area contributed by atoms with Gasteiger partial charge in [0, 0.05) is 18.2 Å². The van der Waals surface area contributed by atoms with Crippen LogP contribution in [0.25, 0.3) is 0 Å². The molecule has 2 aliphatic rings. The average Bonchev–Trinajstić information content (AvgIpc) is 2.57. The first-order valence-electron chi connectivity index (χ1n) is 4.91. The molecule has 0 bridgehead atoms. The van der Waals surface area contributed by atoms with Gasteiger partial charge in [-0.25, -0.2) is 4.39 Å². The van der Waals surface area contributed by atoms with Gasteiger partial charge >= 0.3 is 0 Å². The van der Waals surface area contributed by atoms with Crippen molar-refractivity contribution in [1.29, 1.82) is 0 Å². The maximum Gasteiger partial charge on any atom is 0.126 e. The van der Waals surface area contributed by atoms with Crippen molar-refractivity contribution in [3.05, 3.63) is 29.1 Å². The molecule has 3 rings (SSSR count). The van der Waals surface area contributed by atoms with E-state index in [0.29, 0.717) is 5.92 Å². The Bertz CT molecular complexity index is 359. The molecule has 1 aliphatic heterocycles. The van der Waals surface area contributed by atoms with Gasteiger partial charge in [0.05, 0.1) is 0 Å². The third-order valence-corrected chi connectivity index (χ3v) is 3.23. The molecule has 68 valence electrons. The van der Waals surface area contributed by atoms with Crippen LogP contribution in [0.1, 0.15) is 29.9 Å². The summed E-state index contributed by atoms with van der Waals surface area (Å²) in [6.07, 6.45) is 3.28. The van der Waals surface area contributed by atoms with E-state index in [1.807, 2.05) is 6.07 Å². The largest absolute Gasteiger partial charge is 0.384 e. The number of halogens is 1. The monoisotopic (exact) mass is 177 g/mol. The molecule has 1 nitrogen and oxygen atoms in total. The van der Waals surface area contributed by atoms with Crippen LogP contribution in [0.15, 0.2) is 12.1 Å². The fourth-order valence-electron chi connectivity index (χ4n) is 2.62. The normalized spacial score (nSPS) is 23.9. The third kappa shape index (κ3) is 0.916.